The molecule has 2 aromatic rings. The van der Waals surface area contributed by atoms with Crippen molar-refractivity contribution in [2.24, 2.45) is 5.92 Å². The number of halogens is 6. The summed E-state index contributed by atoms with van der Waals surface area (Å²) in [7, 11) is 0. The van der Waals surface area contributed by atoms with E-state index in [2.05, 4.69) is 4.98 Å². The Kier molecular flexibility index (Phi) is 6.71. The van der Waals surface area contributed by atoms with E-state index in [0.717, 1.165) is 30.5 Å². The Morgan fingerprint density at radius 3 is 2.33 bits per heavy atom. The molecule has 0 aliphatic carbocycles. The second kappa shape index (κ2) is 9.03. The van der Waals surface area contributed by atoms with Crippen LogP contribution in [0.15, 0.2) is 42.6 Å². The topological polar surface area (TPSA) is 53.5 Å². The smallest absolute Gasteiger partial charge is 0.312 e. The number of rotatable bonds is 6. The zero-order valence-electron chi connectivity index (χ0n) is 17.7. The van der Waals surface area contributed by atoms with Crippen molar-refractivity contribution in [3.8, 4) is 0 Å². The lowest BCUT2D eigenvalue weighted by atomic mass is 10.0. The van der Waals surface area contributed by atoms with Crippen molar-refractivity contribution >= 4 is 17.5 Å². The largest absolute Gasteiger partial charge is 0.433 e. The number of carbonyl (C=O) groups is 2. The predicted molar refractivity (Wildman–Crippen MR) is 107 cm³/mol. The number of pyridine rings is 1. The summed E-state index contributed by atoms with van der Waals surface area (Å²) in [6.07, 6.45) is -8.49. The van der Waals surface area contributed by atoms with Crippen LogP contribution in [0, 0.1) is 5.92 Å². The van der Waals surface area contributed by atoms with E-state index in [-0.39, 0.29) is 36.7 Å². The highest BCUT2D eigenvalue weighted by atomic mass is 19.4. The highest BCUT2D eigenvalue weighted by Crippen LogP contribution is 2.32. The Labute approximate surface area is 186 Å². The maximum atomic E-state index is 13.0. The number of benzene rings is 1. The van der Waals surface area contributed by atoms with Gasteiger partial charge in [0.05, 0.1) is 30.0 Å². The van der Waals surface area contributed by atoms with Gasteiger partial charge in [-0.3, -0.25) is 9.69 Å². The Morgan fingerprint density at radius 1 is 1.09 bits per heavy atom. The lowest BCUT2D eigenvalue weighted by molar-refractivity contribution is -0.141. The van der Waals surface area contributed by atoms with Gasteiger partial charge in [-0.1, -0.05) is 32.0 Å². The molecule has 1 aliphatic heterocycles. The number of nitrogens with zero attached hydrogens (tertiary/aromatic N) is 3. The van der Waals surface area contributed by atoms with E-state index in [0.29, 0.717) is 0 Å². The zero-order chi connectivity index (χ0) is 24.6. The second-order valence-corrected chi connectivity index (χ2v) is 8.15. The minimum absolute atomic E-state index is 0.0808. The first-order valence-electron chi connectivity index (χ1n) is 10.1. The van der Waals surface area contributed by atoms with Gasteiger partial charge in [0.15, 0.2) is 5.78 Å². The van der Waals surface area contributed by atoms with Crippen LogP contribution in [0.2, 0.25) is 0 Å². The van der Waals surface area contributed by atoms with E-state index >= 15 is 0 Å². The van der Waals surface area contributed by atoms with Crippen molar-refractivity contribution < 1.29 is 35.9 Å². The lowest BCUT2D eigenvalue weighted by Crippen LogP contribution is -2.41. The minimum atomic E-state index is -4.62. The second-order valence-electron chi connectivity index (χ2n) is 8.15. The third-order valence-electron chi connectivity index (χ3n) is 5.37. The van der Waals surface area contributed by atoms with Crippen LogP contribution in [0.3, 0.4) is 0 Å². The first-order chi connectivity index (χ1) is 15.3. The van der Waals surface area contributed by atoms with Crippen molar-refractivity contribution in [1.29, 1.82) is 0 Å². The van der Waals surface area contributed by atoms with Crippen LogP contribution in [-0.2, 0) is 23.6 Å². The van der Waals surface area contributed by atoms with E-state index in [1.807, 2.05) is 13.8 Å². The Bertz CT molecular complexity index is 1020. The van der Waals surface area contributed by atoms with Gasteiger partial charge < -0.3 is 4.90 Å². The summed E-state index contributed by atoms with van der Waals surface area (Å²) in [6.45, 7) is 3.47. The highest BCUT2D eigenvalue weighted by molar-refractivity contribution is 5.97. The molecule has 0 spiro atoms. The van der Waals surface area contributed by atoms with Gasteiger partial charge in [-0.25, -0.2) is 9.78 Å². The monoisotopic (exact) mass is 473 g/mol. The molecular formula is C22H21F6N3O2. The number of urea groups is 1. The van der Waals surface area contributed by atoms with Crippen molar-refractivity contribution in [3.63, 3.8) is 0 Å². The van der Waals surface area contributed by atoms with Crippen LogP contribution >= 0.6 is 0 Å². The molecule has 1 atom stereocenters. The predicted octanol–water partition coefficient (Wildman–Crippen LogP) is 5.20. The average molecular weight is 473 g/mol. The molecule has 1 aromatic carbocycles. The van der Waals surface area contributed by atoms with Crippen LogP contribution in [0.25, 0.3) is 0 Å². The molecule has 2 amide bonds. The molecule has 3 rings (SSSR count). The molecule has 178 valence electrons. The van der Waals surface area contributed by atoms with Crippen molar-refractivity contribution in [2.75, 3.05) is 18.0 Å². The first kappa shape index (κ1) is 24.5. The summed E-state index contributed by atoms with van der Waals surface area (Å²) in [5.41, 5.74) is -1.63. The minimum Gasteiger partial charge on any atom is -0.312 e. The molecule has 0 N–H and O–H groups in total. The SMILES string of the molecule is CC(C)[C@H]1CN(c2ccc(C(F)(F)F)nc2)C(=O)N1CC(=O)Cc1cccc(C(F)(F)F)c1. The molecule has 0 unspecified atom stereocenters. The number of carbonyl (C=O) groups excluding carboxylic acids is 2. The maximum Gasteiger partial charge on any atom is 0.433 e. The molecule has 0 bridgehead atoms. The number of alkyl halides is 6. The summed E-state index contributed by atoms with van der Waals surface area (Å²) in [6, 6.07) is 5.33. The fraction of sp³-hybridized carbons (Fsp3) is 0.409. The van der Waals surface area contributed by atoms with Gasteiger partial charge in [0.2, 0.25) is 0 Å². The fourth-order valence-corrected chi connectivity index (χ4v) is 3.68. The third-order valence-corrected chi connectivity index (χ3v) is 5.37. The van der Waals surface area contributed by atoms with Gasteiger partial charge in [0.25, 0.3) is 0 Å². The van der Waals surface area contributed by atoms with Crippen LogP contribution < -0.4 is 4.90 Å². The van der Waals surface area contributed by atoms with Gasteiger partial charge in [0.1, 0.15) is 5.69 Å². The zero-order valence-corrected chi connectivity index (χ0v) is 17.7. The van der Waals surface area contributed by atoms with Gasteiger partial charge in [0, 0.05) is 13.0 Å². The normalized spacial score (nSPS) is 17.2. The van der Waals surface area contributed by atoms with E-state index in [1.165, 1.54) is 21.9 Å². The Balaban J connectivity index is 1.75. The molecule has 0 saturated carbocycles. The summed E-state index contributed by atoms with van der Waals surface area (Å²) >= 11 is 0. The molecule has 1 aromatic heterocycles. The van der Waals surface area contributed by atoms with Crippen LogP contribution in [0.4, 0.5) is 36.8 Å². The Morgan fingerprint density at radius 2 is 1.79 bits per heavy atom. The van der Waals surface area contributed by atoms with Crippen molar-refractivity contribution in [1.82, 2.24) is 9.88 Å². The number of anilines is 1. The van der Waals surface area contributed by atoms with Crippen molar-refractivity contribution in [2.45, 2.75) is 38.7 Å². The van der Waals surface area contributed by atoms with Gasteiger partial charge in [-0.15, -0.1) is 0 Å². The van der Waals surface area contributed by atoms with E-state index in [9.17, 15) is 35.9 Å². The molecule has 1 fully saturated rings. The summed E-state index contributed by atoms with van der Waals surface area (Å²) in [5, 5.41) is 0. The van der Waals surface area contributed by atoms with E-state index < -0.39 is 41.5 Å². The Hall–Kier alpha value is -3.11. The average Bonchev–Trinajstić information content (AvgIpc) is 3.03. The van der Waals surface area contributed by atoms with Crippen molar-refractivity contribution in [3.05, 3.63) is 59.4 Å². The van der Waals surface area contributed by atoms with Gasteiger partial charge in [-0.05, 0) is 29.7 Å². The number of hydrogen-bond donors (Lipinski definition) is 0. The maximum absolute atomic E-state index is 13.0. The first-order valence-corrected chi connectivity index (χ1v) is 10.1. The molecule has 1 aliphatic rings. The fourth-order valence-electron chi connectivity index (χ4n) is 3.68. The molecule has 2 heterocycles. The number of ketones is 1. The molecule has 11 heteroatoms. The number of Topliss-reactive ketones (excluding diaryl/α,β-unsaturated/α-hetero) is 1. The molecule has 33 heavy (non-hydrogen) atoms. The number of aromatic nitrogens is 1. The van der Waals surface area contributed by atoms with E-state index in [1.54, 1.807) is 0 Å². The highest BCUT2D eigenvalue weighted by Gasteiger charge is 2.41. The number of amides is 2. The van der Waals surface area contributed by atoms with Crippen LogP contribution in [0.1, 0.15) is 30.7 Å². The molecular weight excluding hydrogens is 452 g/mol. The summed E-state index contributed by atoms with van der Waals surface area (Å²) in [4.78, 5) is 31.5. The molecule has 1 saturated heterocycles. The summed E-state index contributed by atoms with van der Waals surface area (Å²) in [5.74, 6) is -0.538. The number of hydrogen-bond acceptors (Lipinski definition) is 3. The lowest BCUT2D eigenvalue weighted by Gasteiger charge is -2.25. The third kappa shape index (κ3) is 5.63. The summed E-state index contributed by atoms with van der Waals surface area (Å²) < 4.78 is 77.0. The van der Waals surface area contributed by atoms with Gasteiger partial charge >= 0.3 is 18.4 Å². The van der Waals surface area contributed by atoms with E-state index in [4.69, 9.17) is 0 Å². The van der Waals surface area contributed by atoms with Gasteiger partial charge in [-0.2, -0.15) is 26.3 Å². The van der Waals surface area contributed by atoms with Crippen LogP contribution in [-0.4, -0.2) is 40.8 Å². The quantitative estimate of drug-likeness (QED) is 0.542. The molecule has 5 nitrogen and oxygen atoms in total. The molecule has 0 radical (unpaired) electrons. The van der Waals surface area contributed by atoms with Crippen LogP contribution in [0.5, 0.6) is 0 Å². The standard InChI is InChI=1S/C22H21F6N3O2/c1-13(2)18-12-30(16-6-7-19(29-10-16)22(26,27)28)20(33)31(18)11-17(32)9-14-4-3-5-15(8-14)21(23,24)25/h3-8,10,13,18H,9,11-12H2,1-2H3/t18-/m1/s1.